The summed E-state index contributed by atoms with van der Waals surface area (Å²) in [5, 5.41) is 10.5. The second-order valence-electron chi connectivity index (χ2n) is 6.44. The van der Waals surface area contributed by atoms with E-state index in [-0.39, 0.29) is 11.7 Å². The van der Waals surface area contributed by atoms with E-state index in [1.165, 1.54) is 12.1 Å². The van der Waals surface area contributed by atoms with Crippen molar-refractivity contribution in [2.75, 3.05) is 18.0 Å². The number of carboxylic acid groups (broad SMARTS) is 1. The zero-order valence-corrected chi connectivity index (χ0v) is 12.1. The number of rotatable bonds is 2. The summed E-state index contributed by atoms with van der Waals surface area (Å²) in [4.78, 5) is 18.3. The van der Waals surface area contributed by atoms with Gasteiger partial charge in [0.05, 0.1) is 10.9 Å². The molecular formula is C17H17FN2O2. The van der Waals surface area contributed by atoms with Crippen LogP contribution in [0.15, 0.2) is 30.3 Å². The number of aromatic nitrogens is 1. The monoisotopic (exact) mass is 300 g/mol. The fourth-order valence-corrected chi connectivity index (χ4v) is 4.07. The highest BCUT2D eigenvalue weighted by atomic mass is 19.1. The van der Waals surface area contributed by atoms with Crippen molar-refractivity contribution in [3.8, 4) is 0 Å². The first-order chi connectivity index (χ1) is 10.6. The molecule has 2 aliphatic rings. The Labute approximate surface area is 127 Å². The number of fused-ring (bicyclic) bond motifs is 2. The maximum Gasteiger partial charge on any atom is 0.311 e. The lowest BCUT2D eigenvalue weighted by Crippen LogP contribution is -2.35. The summed E-state index contributed by atoms with van der Waals surface area (Å²) in [5.74, 6) is -0.0649. The average Bonchev–Trinajstić information content (AvgIpc) is 3.04. The summed E-state index contributed by atoms with van der Waals surface area (Å²) < 4.78 is 13.4. The van der Waals surface area contributed by atoms with Gasteiger partial charge in [-0.3, -0.25) is 4.79 Å². The topological polar surface area (TPSA) is 53.4 Å². The largest absolute Gasteiger partial charge is 0.481 e. The van der Waals surface area contributed by atoms with Gasteiger partial charge in [0.1, 0.15) is 11.6 Å². The van der Waals surface area contributed by atoms with E-state index >= 15 is 0 Å². The number of hydrogen-bond donors (Lipinski definition) is 1. The zero-order chi connectivity index (χ0) is 15.3. The molecule has 0 spiro atoms. The van der Waals surface area contributed by atoms with Crippen LogP contribution >= 0.6 is 0 Å². The fourth-order valence-electron chi connectivity index (χ4n) is 4.07. The number of carboxylic acids is 1. The van der Waals surface area contributed by atoms with Gasteiger partial charge < -0.3 is 10.0 Å². The van der Waals surface area contributed by atoms with Gasteiger partial charge in [-0.2, -0.15) is 0 Å². The lowest BCUT2D eigenvalue weighted by atomic mass is 9.81. The maximum atomic E-state index is 13.4. The summed E-state index contributed by atoms with van der Waals surface area (Å²) in [6.07, 6.45) is 2.69. The van der Waals surface area contributed by atoms with E-state index in [1.54, 1.807) is 6.07 Å². The summed E-state index contributed by atoms with van der Waals surface area (Å²) in [5.41, 5.74) is -0.0163. The molecule has 4 nitrogen and oxygen atoms in total. The van der Waals surface area contributed by atoms with Crippen LogP contribution in [0.5, 0.6) is 0 Å². The molecule has 0 radical (unpaired) electrons. The lowest BCUT2D eigenvalue weighted by molar-refractivity contribution is -0.149. The van der Waals surface area contributed by atoms with Gasteiger partial charge in [-0.05, 0) is 43.0 Å². The number of anilines is 1. The van der Waals surface area contributed by atoms with Crippen LogP contribution in [0.4, 0.5) is 10.2 Å². The molecule has 1 aromatic carbocycles. The van der Waals surface area contributed by atoms with Crippen molar-refractivity contribution in [3.63, 3.8) is 0 Å². The summed E-state index contributed by atoms with van der Waals surface area (Å²) in [6, 6.07) is 8.36. The minimum atomic E-state index is -0.690. The Kier molecular flexibility index (Phi) is 2.86. The van der Waals surface area contributed by atoms with Crippen LogP contribution in [-0.2, 0) is 4.79 Å². The summed E-state index contributed by atoms with van der Waals surface area (Å²) in [6.45, 7) is 1.22. The SMILES string of the molecule is O=C(O)[C@@]12CCC[C@H]1CN(c1ccc3ccc(F)cc3n1)C2. The maximum absolute atomic E-state index is 13.4. The van der Waals surface area contributed by atoms with E-state index in [4.69, 9.17) is 0 Å². The standard InChI is InChI=1S/C17H17FN2O2/c18-13-5-3-11-4-6-15(19-14(11)8-13)20-9-12-2-1-7-17(12,10-20)16(21)22/h3-6,8,12H,1-2,7,9-10H2,(H,21,22)/t12-,17+/m0/s1. The molecule has 2 aromatic rings. The van der Waals surface area contributed by atoms with Crippen LogP contribution in [0, 0.1) is 17.2 Å². The Bertz CT molecular complexity index is 763. The first kappa shape index (κ1) is 13.5. The van der Waals surface area contributed by atoms with Crippen LogP contribution in [0.1, 0.15) is 19.3 Å². The highest BCUT2D eigenvalue weighted by Crippen LogP contribution is 2.49. The van der Waals surface area contributed by atoms with Gasteiger partial charge in [-0.25, -0.2) is 9.37 Å². The Balaban J connectivity index is 1.70. The third kappa shape index (κ3) is 1.88. The van der Waals surface area contributed by atoms with Crippen LogP contribution in [0.25, 0.3) is 10.9 Å². The number of benzene rings is 1. The van der Waals surface area contributed by atoms with Gasteiger partial charge in [-0.15, -0.1) is 0 Å². The molecule has 1 saturated heterocycles. The quantitative estimate of drug-likeness (QED) is 0.926. The van der Waals surface area contributed by atoms with Crippen molar-refractivity contribution in [1.29, 1.82) is 0 Å². The Morgan fingerprint density at radius 1 is 1.36 bits per heavy atom. The van der Waals surface area contributed by atoms with Gasteiger partial charge in [0.25, 0.3) is 0 Å². The van der Waals surface area contributed by atoms with E-state index in [0.717, 1.165) is 37.0 Å². The number of carbonyl (C=O) groups is 1. The molecule has 0 amide bonds. The molecule has 4 rings (SSSR count). The van der Waals surface area contributed by atoms with E-state index in [1.807, 2.05) is 17.0 Å². The number of pyridine rings is 1. The summed E-state index contributed by atoms with van der Waals surface area (Å²) >= 11 is 0. The van der Waals surface area contributed by atoms with E-state index in [9.17, 15) is 14.3 Å². The smallest absolute Gasteiger partial charge is 0.311 e. The molecule has 22 heavy (non-hydrogen) atoms. The number of aliphatic carboxylic acids is 1. The predicted octanol–water partition coefficient (Wildman–Crippen LogP) is 3.07. The third-order valence-electron chi connectivity index (χ3n) is 5.26. The molecule has 1 aliphatic carbocycles. The Morgan fingerprint density at radius 3 is 2.95 bits per heavy atom. The summed E-state index contributed by atoms with van der Waals surface area (Å²) in [7, 11) is 0. The Hall–Kier alpha value is -2.17. The number of nitrogens with zero attached hydrogens (tertiary/aromatic N) is 2. The van der Waals surface area contributed by atoms with Crippen LogP contribution in [0.3, 0.4) is 0 Å². The van der Waals surface area contributed by atoms with Crippen molar-refractivity contribution in [2.45, 2.75) is 19.3 Å². The van der Waals surface area contributed by atoms with Gasteiger partial charge >= 0.3 is 5.97 Å². The second kappa shape index (κ2) is 4.66. The first-order valence-electron chi connectivity index (χ1n) is 7.63. The second-order valence-corrected chi connectivity index (χ2v) is 6.44. The lowest BCUT2D eigenvalue weighted by Gasteiger charge is -2.23. The van der Waals surface area contributed by atoms with Crippen molar-refractivity contribution < 1.29 is 14.3 Å². The molecule has 2 atom stereocenters. The van der Waals surface area contributed by atoms with Crippen molar-refractivity contribution >= 4 is 22.7 Å². The fraction of sp³-hybridized carbons (Fsp3) is 0.412. The van der Waals surface area contributed by atoms with Gasteiger partial charge in [0.15, 0.2) is 0 Å². The average molecular weight is 300 g/mol. The number of hydrogen-bond acceptors (Lipinski definition) is 3. The number of halogens is 1. The third-order valence-corrected chi connectivity index (χ3v) is 5.26. The first-order valence-corrected chi connectivity index (χ1v) is 7.63. The molecule has 1 aromatic heterocycles. The normalized spacial score (nSPS) is 27.3. The van der Waals surface area contributed by atoms with E-state index in [0.29, 0.717) is 12.1 Å². The molecule has 114 valence electrons. The molecule has 0 unspecified atom stereocenters. The Morgan fingerprint density at radius 2 is 2.18 bits per heavy atom. The predicted molar refractivity (Wildman–Crippen MR) is 81.3 cm³/mol. The zero-order valence-electron chi connectivity index (χ0n) is 12.1. The minimum absolute atomic E-state index is 0.190. The van der Waals surface area contributed by atoms with Crippen molar-refractivity contribution in [1.82, 2.24) is 4.98 Å². The van der Waals surface area contributed by atoms with E-state index < -0.39 is 11.4 Å². The van der Waals surface area contributed by atoms with Gasteiger partial charge in [0.2, 0.25) is 0 Å². The molecule has 2 heterocycles. The molecule has 1 saturated carbocycles. The van der Waals surface area contributed by atoms with E-state index in [2.05, 4.69) is 4.98 Å². The van der Waals surface area contributed by atoms with Crippen LogP contribution in [0.2, 0.25) is 0 Å². The highest BCUT2D eigenvalue weighted by molar-refractivity contribution is 5.81. The van der Waals surface area contributed by atoms with Crippen LogP contribution < -0.4 is 4.90 Å². The van der Waals surface area contributed by atoms with Crippen molar-refractivity contribution in [2.24, 2.45) is 11.3 Å². The van der Waals surface area contributed by atoms with Crippen LogP contribution in [-0.4, -0.2) is 29.1 Å². The van der Waals surface area contributed by atoms with Gasteiger partial charge in [-0.1, -0.05) is 6.42 Å². The molecule has 5 heteroatoms. The molecular weight excluding hydrogens is 283 g/mol. The van der Waals surface area contributed by atoms with Crippen molar-refractivity contribution in [3.05, 3.63) is 36.1 Å². The highest BCUT2D eigenvalue weighted by Gasteiger charge is 2.55. The molecule has 1 N–H and O–H groups in total. The minimum Gasteiger partial charge on any atom is -0.481 e. The molecule has 0 bridgehead atoms. The van der Waals surface area contributed by atoms with Gasteiger partial charge in [0, 0.05) is 24.5 Å². The molecule has 1 aliphatic heterocycles. The molecule has 2 fully saturated rings.